The van der Waals surface area contributed by atoms with Gasteiger partial charge in [0.1, 0.15) is 6.17 Å². The second-order valence-electron chi connectivity index (χ2n) is 9.46. The van der Waals surface area contributed by atoms with Gasteiger partial charge in [-0.25, -0.2) is 9.66 Å². The van der Waals surface area contributed by atoms with Crippen LogP contribution in [0.1, 0.15) is 55.5 Å². The first-order valence-corrected chi connectivity index (χ1v) is 12.2. The fourth-order valence-electron chi connectivity index (χ4n) is 4.92. The first kappa shape index (κ1) is 23.1. The van der Waals surface area contributed by atoms with Gasteiger partial charge in [-0.2, -0.15) is 0 Å². The van der Waals surface area contributed by atoms with Crippen LogP contribution in [-0.4, -0.2) is 37.2 Å². The Bertz CT molecular complexity index is 1380. The van der Waals surface area contributed by atoms with Crippen molar-refractivity contribution in [1.29, 1.82) is 0 Å². The lowest BCUT2D eigenvalue weighted by Crippen LogP contribution is -2.51. The number of nitrogens with one attached hydrogen (secondary N) is 1. The van der Waals surface area contributed by atoms with E-state index in [2.05, 4.69) is 78.2 Å². The minimum absolute atomic E-state index is 0.0740. The van der Waals surface area contributed by atoms with Gasteiger partial charge in [0.05, 0.1) is 0 Å². The van der Waals surface area contributed by atoms with Crippen molar-refractivity contribution in [2.45, 2.75) is 53.2 Å². The summed E-state index contributed by atoms with van der Waals surface area (Å²) in [5.41, 5.74) is 11.9. The predicted octanol–water partition coefficient (Wildman–Crippen LogP) is 4.33. The molecule has 1 atom stereocenters. The highest BCUT2D eigenvalue weighted by Crippen LogP contribution is 2.32. The molecule has 0 amide bonds. The van der Waals surface area contributed by atoms with Crippen LogP contribution in [0.2, 0.25) is 0 Å². The topological polar surface area (TPSA) is 66.3 Å². The first-order chi connectivity index (χ1) is 16.8. The van der Waals surface area contributed by atoms with Gasteiger partial charge in [-0.15, -0.1) is 0 Å². The van der Waals surface area contributed by atoms with Gasteiger partial charge in [-0.05, 0) is 62.1 Å². The molecular weight excluding hydrogens is 436 g/mol. The Morgan fingerprint density at radius 2 is 2.06 bits per heavy atom. The maximum Gasteiger partial charge on any atom is 0.272 e. The minimum atomic E-state index is -0.0858. The molecule has 0 aliphatic carbocycles. The van der Waals surface area contributed by atoms with E-state index < -0.39 is 0 Å². The van der Waals surface area contributed by atoms with Crippen molar-refractivity contribution in [2.24, 2.45) is 0 Å². The second-order valence-corrected chi connectivity index (χ2v) is 9.46. The largest absolute Gasteiger partial charge is 0.324 e. The zero-order valence-corrected chi connectivity index (χ0v) is 20.9. The number of pyridine rings is 1. The van der Waals surface area contributed by atoms with Crippen molar-refractivity contribution in [3.63, 3.8) is 0 Å². The summed E-state index contributed by atoms with van der Waals surface area (Å²) in [6.07, 6.45) is 14.2. The normalized spacial score (nSPS) is 20.1. The van der Waals surface area contributed by atoms with E-state index in [1.54, 1.807) is 10.7 Å². The summed E-state index contributed by atoms with van der Waals surface area (Å²) >= 11 is 0. The molecule has 2 aromatic heterocycles. The van der Waals surface area contributed by atoms with Crippen LogP contribution in [0.3, 0.4) is 0 Å². The van der Waals surface area contributed by atoms with Gasteiger partial charge >= 0.3 is 0 Å². The Morgan fingerprint density at radius 1 is 1.23 bits per heavy atom. The van der Waals surface area contributed by atoms with Gasteiger partial charge in [0.2, 0.25) is 0 Å². The molecule has 0 bridgehead atoms. The van der Waals surface area contributed by atoms with Crippen LogP contribution in [-0.2, 0) is 13.0 Å². The number of hydrogen-bond donors (Lipinski definition) is 1. The van der Waals surface area contributed by atoms with E-state index in [4.69, 9.17) is 4.98 Å². The Kier molecular flexibility index (Phi) is 6.03. The molecule has 1 unspecified atom stereocenters. The first-order valence-electron chi connectivity index (χ1n) is 12.2. The molecule has 3 aliphatic heterocycles. The summed E-state index contributed by atoms with van der Waals surface area (Å²) in [6.45, 7) is 14.0. The molecule has 0 radical (unpaired) electrons. The highest BCUT2D eigenvalue weighted by molar-refractivity contribution is 5.80. The summed E-state index contributed by atoms with van der Waals surface area (Å²) in [4.78, 5) is 26.3. The minimum Gasteiger partial charge on any atom is -0.324 e. The SMILES string of the molecule is C=C1C=C(C)C(c2cnc3c(c2)CN(C2Nn4c(nc(C)cc4=O)C=C2C)CC3)=CN1/C=C\CC. The fourth-order valence-corrected chi connectivity index (χ4v) is 4.92. The van der Waals surface area contributed by atoms with Crippen LogP contribution in [0.4, 0.5) is 0 Å². The van der Waals surface area contributed by atoms with E-state index >= 15 is 0 Å². The Hall–Kier alpha value is -3.71. The molecule has 0 saturated heterocycles. The molecule has 7 nitrogen and oxygen atoms in total. The lowest BCUT2D eigenvalue weighted by Gasteiger charge is -2.39. The lowest BCUT2D eigenvalue weighted by atomic mass is 9.94. The van der Waals surface area contributed by atoms with E-state index in [9.17, 15) is 4.79 Å². The van der Waals surface area contributed by atoms with E-state index in [1.165, 1.54) is 11.1 Å². The number of rotatable bonds is 4. The molecule has 5 rings (SSSR count). The van der Waals surface area contributed by atoms with Gasteiger partial charge in [0, 0.05) is 72.4 Å². The third-order valence-electron chi connectivity index (χ3n) is 6.77. The second kappa shape index (κ2) is 9.15. The Balaban J connectivity index is 1.42. The van der Waals surface area contributed by atoms with Gasteiger partial charge in [0.15, 0.2) is 5.82 Å². The fraction of sp³-hybridized carbons (Fsp3) is 0.321. The van der Waals surface area contributed by atoms with Crippen molar-refractivity contribution < 1.29 is 0 Å². The monoisotopic (exact) mass is 468 g/mol. The van der Waals surface area contributed by atoms with Crippen LogP contribution in [0.25, 0.3) is 11.6 Å². The molecule has 180 valence electrons. The zero-order chi connectivity index (χ0) is 24.7. The molecule has 2 aromatic rings. The predicted molar refractivity (Wildman–Crippen MR) is 141 cm³/mol. The van der Waals surface area contributed by atoms with E-state index in [0.717, 1.165) is 59.7 Å². The van der Waals surface area contributed by atoms with Crippen LogP contribution in [0, 0.1) is 6.92 Å². The average Bonchev–Trinajstić information content (AvgIpc) is 2.82. The molecular formula is C28H32N6O. The average molecular weight is 469 g/mol. The van der Waals surface area contributed by atoms with Crippen LogP contribution in [0.15, 0.2) is 71.1 Å². The molecule has 0 fully saturated rings. The third-order valence-corrected chi connectivity index (χ3v) is 6.77. The summed E-state index contributed by atoms with van der Waals surface area (Å²) < 4.78 is 1.56. The molecule has 5 heterocycles. The van der Waals surface area contributed by atoms with Gasteiger partial charge in [0.25, 0.3) is 5.56 Å². The molecule has 35 heavy (non-hydrogen) atoms. The molecule has 0 saturated carbocycles. The van der Waals surface area contributed by atoms with Gasteiger partial charge < -0.3 is 4.90 Å². The number of aromatic nitrogens is 3. The van der Waals surface area contributed by atoms with Crippen LogP contribution in [0.5, 0.6) is 0 Å². The maximum absolute atomic E-state index is 12.6. The highest BCUT2D eigenvalue weighted by atomic mass is 16.1. The molecule has 3 aliphatic rings. The zero-order valence-electron chi connectivity index (χ0n) is 20.9. The third kappa shape index (κ3) is 4.39. The summed E-state index contributed by atoms with van der Waals surface area (Å²) in [5, 5.41) is 0. The number of allylic oxidation sites excluding steroid dienone is 4. The van der Waals surface area contributed by atoms with Crippen molar-refractivity contribution >= 4 is 11.6 Å². The summed E-state index contributed by atoms with van der Waals surface area (Å²) in [5.74, 6) is 0.653. The van der Waals surface area contributed by atoms with Crippen LogP contribution < -0.4 is 11.0 Å². The van der Waals surface area contributed by atoms with Crippen molar-refractivity contribution in [3.05, 3.63) is 105 Å². The van der Waals surface area contributed by atoms with Crippen molar-refractivity contribution in [1.82, 2.24) is 24.4 Å². The van der Waals surface area contributed by atoms with Crippen molar-refractivity contribution in [3.8, 4) is 0 Å². The van der Waals surface area contributed by atoms with E-state index in [-0.39, 0.29) is 11.7 Å². The van der Waals surface area contributed by atoms with Gasteiger partial charge in [-0.1, -0.05) is 19.6 Å². The molecule has 0 spiro atoms. The summed E-state index contributed by atoms with van der Waals surface area (Å²) in [7, 11) is 0. The lowest BCUT2D eigenvalue weighted by molar-refractivity contribution is 0.205. The van der Waals surface area contributed by atoms with E-state index in [1.807, 2.05) is 19.2 Å². The highest BCUT2D eigenvalue weighted by Gasteiger charge is 2.29. The molecule has 0 aromatic carbocycles. The standard InChI is InChI=1S/C28H32N6O/c1-6-7-9-32-17-24(18(2)11-21(32)5)22-14-23-16-33(10-8-25(23)29-15-22)28-19(3)12-26-30-20(4)13-27(35)34(26)31-28/h7,9,11-15,17,28,31H,5-6,8,10,16H2,1-4H3/b9-7-. The number of aryl methyl sites for hydroxylation is 1. The quantitative estimate of drug-likeness (QED) is 0.721. The Labute approximate surface area is 206 Å². The molecule has 1 N–H and O–H groups in total. The Morgan fingerprint density at radius 3 is 2.86 bits per heavy atom. The number of hydrogen-bond acceptors (Lipinski definition) is 6. The number of fused-ring (bicyclic) bond motifs is 2. The van der Waals surface area contributed by atoms with E-state index in [0.29, 0.717) is 5.82 Å². The smallest absolute Gasteiger partial charge is 0.272 e. The molecule has 7 heteroatoms. The van der Waals surface area contributed by atoms with Crippen LogP contribution >= 0.6 is 0 Å². The maximum atomic E-state index is 12.6. The van der Waals surface area contributed by atoms with Crippen molar-refractivity contribution in [2.75, 3.05) is 12.0 Å². The summed E-state index contributed by atoms with van der Waals surface area (Å²) in [6, 6.07) is 3.82. The van der Waals surface area contributed by atoms with Gasteiger partial charge in [-0.3, -0.25) is 20.1 Å². The number of nitrogens with zero attached hydrogens (tertiary/aromatic N) is 5.